The summed E-state index contributed by atoms with van der Waals surface area (Å²) in [6.07, 6.45) is 3.24. The number of sulfonamides is 1. The number of carbonyl (C=O) groups excluding carboxylic acids is 1. The number of aromatic nitrogens is 5. The zero-order valence-corrected chi connectivity index (χ0v) is 24.5. The zero-order chi connectivity index (χ0) is 30.9. The van der Waals surface area contributed by atoms with E-state index in [1.807, 2.05) is 0 Å². The lowest BCUT2D eigenvalue weighted by Crippen LogP contribution is -2.29. The van der Waals surface area contributed by atoms with Crippen molar-refractivity contribution in [3.63, 3.8) is 0 Å². The first kappa shape index (κ1) is 29.6. The number of para-hydroxylation sites is 1. The summed E-state index contributed by atoms with van der Waals surface area (Å²) in [5.41, 5.74) is 3.32. The van der Waals surface area contributed by atoms with Gasteiger partial charge in [-0.2, -0.15) is 5.10 Å². The molecular weight excluding hydrogens is 576 g/mol. The van der Waals surface area contributed by atoms with E-state index in [1.54, 1.807) is 61.5 Å². The highest BCUT2D eigenvalue weighted by Gasteiger charge is 2.26. The summed E-state index contributed by atoms with van der Waals surface area (Å²) in [5, 5.41) is 7.37. The monoisotopic (exact) mass is 603 g/mol. The molecule has 5 aromatic rings. The molecule has 3 heterocycles. The van der Waals surface area contributed by atoms with Crippen molar-refractivity contribution in [2.24, 2.45) is 14.1 Å². The predicted octanol–water partition coefficient (Wildman–Crippen LogP) is 3.37. The molecular formula is C30H27F2N7O3S. The summed E-state index contributed by atoms with van der Waals surface area (Å²) in [5.74, 6) is 4.15. The van der Waals surface area contributed by atoms with Gasteiger partial charge in [-0.05, 0) is 61.2 Å². The number of halogens is 2. The number of amides is 1. The number of pyridine rings is 1. The largest absolute Gasteiger partial charge is 0.348 e. The zero-order valence-electron chi connectivity index (χ0n) is 23.7. The summed E-state index contributed by atoms with van der Waals surface area (Å²) in [4.78, 5) is 21.3. The minimum absolute atomic E-state index is 0.00756. The maximum absolute atomic E-state index is 14.1. The Morgan fingerprint density at radius 2 is 1.79 bits per heavy atom. The molecule has 5 rings (SSSR count). The minimum atomic E-state index is -3.88. The Labute approximate surface area is 246 Å². The molecule has 0 fully saturated rings. The van der Waals surface area contributed by atoms with Gasteiger partial charge in [0.05, 0.1) is 29.8 Å². The van der Waals surface area contributed by atoms with Crippen LogP contribution in [0.4, 0.5) is 8.78 Å². The lowest BCUT2D eigenvalue weighted by molar-refractivity contribution is -0.119. The Balaban J connectivity index is 1.74. The van der Waals surface area contributed by atoms with Crippen molar-refractivity contribution in [1.29, 1.82) is 0 Å². The molecule has 43 heavy (non-hydrogen) atoms. The van der Waals surface area contributed by atoms with Gasteiger partial charge in [0.25, 0.3) is 10.0 Å². The molecule has 1 atom stereocenters. The van der Waals surface area contributed by atoms with Crippen LogP contribution >= 0.6 is 0 Å². The molecule has 3 aromatic heterocycles. The number of benzene rings is 2. The summed E-state index contributed by atoms with van der Waals surface area (Å²) in [7, 11) is 0.855. The average molecular weight is 604 g/mol. The number of fused-ring (bicyclic) bond motifs is 1. The number of hydrogen-bond donors (Lipinski definition) is 2. The summed E-state index contributed by atoms with van der Waals surface area (Å²) < 4.78 is 59.3. The van der Waals surface area contributed by atoms with Crippen LogP contribution < -0.4 is 10.0 Å². The van der Waals surface area contributed by atoms with Gasteiger partial charge in [-0.1, -0.05) is 12.1 Å². The smallest absolute Gasteiger partial charge is 0.260 e. The number of nitrogens with zero attached hydrogens (tertiary/aromatic N) is 5. The van der Waals surface area contributed by atoms with E-state index in [9.17, 15) is 22.0 Å². The molecule has 0 aliphatic rings. The van der Waals surface area contributed by atoms with Crippen molar-refractivity contribution in [3.8, 4) is 23.0 Å². The van der Waals surface area contributed by atoms with E-state index in [1.165, 1.54) is 30.8 Å². The van der Waals surface area contributed by atoms with Gasteiger partial charge in [-0.3, -0.25) is 9.48 Å². The second kappa shape index (κ2) is 11.7. The molecule has 0 spiro atoms. The second-order valence-corrected chi connectivity index (χ2v) is 11.6. The maximum atomic E-state index is 14.1. The van der Waals surface area contributed by atoms with Crippen molar-refractivity contribution in [3.05, 3.63) is 95.3 Å². The van der Waals surface area contributed by atoms with E-state index >= 15 is 0 Å². The van der Waals surface area contributed by atoms with E-state index in [-0.39, 0.29) is 17.4 Å². The van der Waals surface area contributed by atoms with Crippen molar-refractivity contribution in [2.75, 3.05) is 7.05 Å². The summed E-state index contributed by atoms with van der Waals surface area (Å²) >= 11 is 0. The number of nitrogens with one attached hydrogen (secondary N) is 2. The minimum Gasteiger partial charge on any atom is -0.348 e. The summed E-state index contributed by atoms with van der Waals surface area (Å²) in [6, 6.07) is 10.9. The first-order chi connectivity index (χ1) is 20.5. The quantitative estimate of drug-likeness (QED) is 0.275. The molecule has 0 aliphatic carbocycles. The topological polar surface area (TPSA) is 124 Å². The maximum Gasteiger partial charge on any atom is 0.260 e. The van der Waals surface area contributed by atoms with Crippen LogP contribution in [0, 0.1) is 23.5 Å². The predicted molar refractivity (Wildman–Crippen MR) is 156 cm³/mol. The molecule has 220 valence electrons. The second-order valence-electron chi connectivity index (χ2n) is 9.84. The highest BCUT2D eigenvalue weighted by atomic mass is 32.2. The first-order valence-electron chi connectivity index (χ1n) is 13.1. The lowest BCUT2D eigenvalue weighted by atomic mass is 9.94. The average Bonchev–Trinajstić information content (AvgIpc) is 3.53. The Bertz CT molecular complexity index is 2020. The molecule has 13 heteroatoms. The Morgan fingerprint density at radius 1 is 1.05 bits per heavy atom. The number of rotatable bonds is 7. The van der Waals surface area contributed by atoms with Gasteiger partial charge in [-0.15, -0.1) is 0 Å². The highest BCUT2D eigenvalue weighted by Crippen LogP contribution is 2.36. The fourth-order valence-electron chi connectivity index (χ4n) is 4.89. The molecule has 0 aliphatic heterocycles. The molecule has 0 saturated heterocycles. The fourth-order valence-corrected chi connectivity index (χ4v) is 5.76. The Kier molecular flexibility index (Phi) is 8.08. The Morgan fingerprint density at radius 3 is 2.44 bits per heavy atom. The number of carbonyl (C=O) groups is 1. The SMILES string of the molecule is CNS(=O)(=O)c1nn(C)c2c(-c3ccc(C#Cc4cncn4C)nc3[C@H](Cc3cc(F)cc(F)c3)NC(C)=O)cccc12. The van der Waals surface area contributed by atoms with Crippen LogP contribution in [0.15, 0.2) is 66.1 Å². The lowest BCUT2D eigenvalue weighted by Gasteiger charge is -2.22. The van der Waals surface area contributed by atoms with Gasteiger partial charge in [0, 0.05) is 43.6 Å². The fraction of sp³-hybridized carbons (Fsp3) is 0.200. The van der Waals surface area contributed by atoms with Crippen LogP contribution in [0.25, 0.3) is 22.0 Å². The van der Waals surface area contributed by atoms with Crippen molar-refractivity contribution < 1.29 is 22.0 Å². The van der Waals surface area contributed by atoms with E-state index in [0.717, 1.165) is 6.07 Å². The van der Waals surface area contributed by atoms with Gasteiger partial charge in [0.1, 0.15) is 23.0 Å². The van der Waals surface area contributed by atoms with Gasteiger partial charge >= 0.3 is 0 Å². The standard InChI is InChI=1S/C30H27F2N7O3S/c1-18(40)35-27(14-19-12-20(31)15-21(32)13-19)28-24(11-9-22(36-28)8-10-23-16-34-17-38(23)3)25-6-5-7-26-29(25)39(4)37-30(26)43(41,42)33-2/h5-7,9,11-13,15-17,27,33H,14H2,1-4H3,(H,35,40)/t27-/m0/s1. The van der Waals surface area contributed by atoms with E-state index in [4.69, 9.17) is 4.98 Å². The molecule has 1 amide bonds. The van der Waals surface area contributed by atoms with Crippen molar-refractivity contribution >= 4 is 26.8 Å². The summed E-state index contributed by atoms with van der Waals surface area (Å²) in [6.45, 7) is 1.33. The molecule has 2 N–H and O–H groups in total. The van der Waals surface area contributed by atoms with Crippen LogP contribution in [-0.2, 0) is 35.3 Å². The molecule has 0 radical (unpaired) electrons. The van der Waals surface area contributed by atoms with Crippen molar-refractivity contribution in [2.45, 2.75) is 24.4 Å². The van der Waals surface area contributed by atoms with Crippen LogP contribution in [0.2, 0.25) is 0 Å². The number of hydrogen-bond acceptors (Lipinski definition) is 6. The highest BCUT2D eigenvalue weighted by molar-refractivity contribution is 7.89. The van der Waals surface area contributed by atoms with E-state index in [0.29, 0.717) is 44.7 Å². The van der Waals surface area contributed by atoms with E-state index in [2.05, 4.69) is 32.0 Å². The molecule has 0 unspecified atom stereocenters. The van der Waals surface area contributed by atoms with Crippen LogP contribution in [0.1, 0.15) is 35.6 Å². The molecule has 2 aromatic carbocycles. The van der Waals surface area contributed by atoms with Crippen molar-refractivity contribution in [1.82, 2.24) is 34.4 Å². The van der Waals surface area contributed by atoms with E-state index < -0.39 is 27.7 Å². The van der Waals surface area contributed by atoms with Gasteiger partial charge in [0.2, 0.25) is 5.91 Å². The third-order valence-electron chi connectivity index (χ3n) is 6.77. The number of imidazole rings is 1. The molecule has 0 saturated carbocycles. The van der Waals surface area contributed by atoms with Crippen LogP contribution in [0.3, 0.4) is 0 Å². The van der Waals surface area contributed by atoms with Crippen LogP contribution in [-0.4, -0.2) is 45.7 Å². The Hall–Kier alpha value is -4.93. The van der Waals surface area contributed by atoms with Gasteiger partial charge < -0.3 is 9.88 Å². The normalized spacial score (nSPS) is 12.1. The first-order valence-corrected chi connectivity index (χ1v) is 14.6. The van der Waals surface area contributed by atoms with Crippen LogP contribution in [0.5, 0.6) is 0 Å². The number of aryl methyl sites for hydroxylation is 2. The van der Waals surface area contributed by atoms with Gasteiger partial charge in [0.15, 0.2) is 5.03 Å². The molecule has 0 bridgehead atoms. The molecule has 10 nitrogen and oxygen atoms in total. The van der Waals surface area contributed by atoms with Gasteiger partial charge in [-0.25, -0.2) is 31.9 Å². The third-order valence-corrected chi connectivity index (χ3v) is 8.12. The third kappa shape index (κ3) is 6.15.